The SMILES string of the molecule is CN(C)c1cccc2c(S(=O)(=O)NCCCC#N)cccc12.C[C@@H]1O[C@H](CO)[C@H](O)C1OCONS(=O)(=O)c1cccc2c(N(C)C)cccc12. The molecule has 0 bridgehead atoms. The van der Waals surface area contributed by atoms with Gasteiger partial charge in [0, 0.05) is 74.1 Å². The van der Waals surface area contributed by atoms with E-state index < -0.39 is 51.3 Å². The molecule has 0 saturated carbocycles. The number of fused-ring (bicyclic) bond motifs is 2. The third-order valence-electron chi connectivity index (χ3n) is 8.26. The normalized spacial score (nSPS) is 19.0. The fraction of sp³-hybridized carbons (Fsp3) is 0.400. The summed E-state index contributed by atoms with van der Waals surface area (Å²) >= 11 is 0. The minimum Gasteiger partial charge on any atom is -0.394 e. The second-order valence-corrected chi connectivity index (χ2v) is 15.6. The first-order valence-electron chi connectivity index (χ1n) is 16.2. The summed E-state index contributed by atoms with van der Waals surface area (Å²) in [5.41, 5.74) is 1.87. The molecule has 51 heavy (non-hydrogen) atoms. The first-order valence-corrected chi connectivity index (χ1v) is 19.1. The molecule has 1 aliphatic heterocycles. The highest BCUT2D eigenvalue weighted by Crippen LogP contribution is 2.31. The second kappa shape index (κ2) is 17.6. The number of aliphatic hydroxyl groups excluding tert-OH is 2. The van der Waals surface area contributed by atoms with Crippen LogP contribution in [0.4, 0.5) is 11.4 Å². The molecule has 1 saturated heterocycles. The molecule has 0 aromatic heterocycles. The lowest BCUT2D eigenvalue weighted by atomic mass is 10.1. The maximum absolute atomic E-state index is 12.7. The molecule has 0 amide bonds. The third kappa shape index (κ3) is 9.51. The van der Waals surface area contributed by atoms with E-state index in [2.05, 4.69) is 9.61 Å². The molecule has 0 radical (unpaired) electrons. The zero-order valence-electron chi connectivity index (χ0n) is 29.2. The van der Waals surface area contributed by atoms with Crippen LogP contribution in [0.5, 0.6) is 0 Å². The van der Waals surface area contributed by atoms with Gasteiger partial charge in [0.1, 0.15) is 18.3 Å². The number of ether oxygens (including phenoxy) is 2. The van der Waals surface area contributed by atoms with Crippen molar-refractivity contribution in [3.8, 4) is 6.07 Å². The van der Waals surface area contributed by atoms with Gasteiger partial charge in [-0.15, -0.1) is 0 Å². The fourth-order valence-electron chi connectivity index (χ4n) is 5.80. The van der Waals surface area contributed by atoms with E-state index in [1.807, 2.05) is 80.5 Å². The van der Waals surface area contributed by atoms with Crippen LogP contribution in [0.3, 0.4) is 0 Å². The Bertz CT molecular complexity index is 2050. The van der Waals surface area contributed by atoms with Crippen molar-refractivity contribution in [2.24, 2.45) is 0 Å². The van der Waals surface area contributed by atoms with Gasteiger partial charge >= 0.3 is 0 Å². The van der Waals surface area contributed by atoms with E-state index in [1.54, 1.807) is 37.3 Å². The van der Waals surface area contributed by atoms with Crippen molar-refractivity contribution in [2.45, 2.75) is 54.0 Å². The Morgan fingerprint density at radius 2 is 1.33 bits per heavy atom. The monoisotopic (exact) mass is 743 g/mol. The fourth-order valence-corrected chi connectivity index (χ4v) is 8.11. The van der Waals surface area contributed by atoms with Gasteiger partial charge in [-0.05, 0) is 37.6 Å². The molecule has 14 nitrogen and oxygen atoms in total. The molecule has 1 fully saturated rings. The first-order chi connectivity index (χ1) is 24.2. The number of benzene rings is 4. The molecule has 0 aliphatic carbocycles. The number of unbranched alkanes of at least 4 members (excludes halogenated alkanes) is 1. The van der Waals surface area contributed by atoms with Crippen LogP contribution < -0.4 is 19.4 Å². The van der Waals surface area contributed by atoms with Gasteiger partial charge in [0.05, 0.1) is 28.6 Å². The standard InChI is InChI=1S/C19H26N2O7S.C16H19N3O2S/c1-12-19(18(23)16(10-22)28-12)26-11-27-20-29(24,25)17-9-5-6-13-14(17)7-4-8-15(13)21(2)3;1-19(2)15-9-5-8-14-13(15)7-6-10-16(14)22(20,21)18-12-4-3-11-17/h4-9,12,16,18-20,22-23H,10-11H2,1-3H3;5-10,18H,3-4,12H2,1-2H3/t12-,16+,18-,19?;/m0./s1. The maximum Gasteiger partial charge on any atom is 0.263 e. The van der Waals surface area contributed by atoms with Gasteiger partial charge in [-0.3, -0.25) is 4.84 Å². The highest BCUT2D eigenvalue weighted by Gasteiger charge is 2.41. The van der Waals surface area contributed by atoms with E-state index in [4.69, 9.17) is 24.7 Å². The van der Waals surface area contributed by atoms with Crippen molar-refractivity contribution < 1.29 is 41.4 Å². The Morgan fingerprint density at radius 1 is 0.824 bits per heavy atom. The number of sulfonamides is 2. The molecule has 1 unspecified atom stereocenters. The molecule has 1 aliphatic rings. The molecule has 1 heterocycles. The van der Waals surface area contributed by atoms with Gasteiger partial charge in [-0.1, -0.05) is 53.4 Å². The van der Waals surface area contributed by atoms with Crippen LogP contribution in [0, 0.1) is 11.3 Å². The third-order valence-corrected chi connectivity index (χ3v) is 11.0. The first kappa shape index (κ1) is 39.9. The number of aliphatic hydroxyl groups is 2. The van der Waals surface area contributed by atoms with Crippen LogP contribution >= 0.6 is 0 Å². The van der Waals surface area contributed by atoms with Crippen LogP contribution in [0.15, 0.2) is 82.6 Å². The van der Waals surface area contributed by atoms with Crippen LogP contribution in [0.2, 0.25) is 0 Å². The van der Waals surface area contributed by atoms with Crippen molar-refractivity contribution in [2.75, 3.05) is 57.9 Å². The second-order valence-electron chi connectivity index (χ2n) is 12.2. The molecule has 4 aromatic rings. The molecular formula is C35H45N5O9S2. The average Bonchev–Trinajstić information content (AvgIpc) is 3.38. The summed E-state index contributed by atoms with van der Waals surface area (Å²) in [6.07, 6.45) is -2.14. The van der Waals surface area contributed by atoms with E-state index in [-0.39, 0.29) is 22.9 Å². The van der Waals surface area contributed by atoms with Crippen molar-refractivity contribution in [1.82, 2.24) is 9.61 Å². The smallest absolute Gasteiger partial charge is 0.263 e. The van der Waals surface area contributed by atoms with Gasteiger partial charge < -0.3 is 29.5 Å². The minimum atomic E-state index is -3.97. The van der Waals surface area contributed by atoms with Crippen molar-refractivity contribution in [1.29, 1.82) is 5.26 Å². The van der Waals surface area contributed by atoms with E-state index in [0.29, 0.717) is 23.6 Å². The van der Waals surface area contributed by atoms with Gasteiger partial charge in [0.25, 0.3) is 10.0 Å². The highest BCUT2D eigenvalue weighted by atomic mass is 32.2. The molecule has 0 spiro atoms. The minimum absolute atomic E-state index is 0.0802. The van der Waals surface area contributed by atoms with Gasteiger partial charge in [-0.2, -0.15) is 5.26 Å². The number of nitrogens with zero attached hydrogens (tertiary/aromatic N) is 3. The molecular weight excluding hydrogens is 699 g/mol. The van der Waals surface area contributed by atoms with Gasteiger partial charge in [0.15, 0.2) is 6.79 Å². The van der Waals surface area contributed by atoms with Crippen molar-refractivity contribution in [3.05, 3.63) is 72.8 Å². The van der Waals surface area contributed by atoms with Crippen molar-refractivity contribution in [3.63, 3.8) is 0 Å². The number of hydrogen-bond acceptors (Lipinski definition) is 12. The summed E-state index contributed by atoms with van der Waals surface area (Å²) in [6.45, 7) is 1.18. The lowest BCUT2D eigenvalue weighted by Crippen LogP contribution is -2.37. The number of anilines is 2. The van der Waals surface area contributed by atoms with Gasteiger partial charge in [-0.25, -0.2) is 21.6 Å². The summed E-state index contributed by atoms with van der Waals surface area (Å²) < 4.78 is 63.7. The predicted octanol–water partition coefficient (Wildman–Crippen LogP) is 3.09. The zero-order valence-corrected chi connectivity index (χ0v) is 30.8. The van der Waals surface area contributed by atoms with E-state index >= 15 is 0 Å². The predicted molar refractivity (Wildman–Crippen MR) is 195 cm³/mol. The molecule has 276 valence electrons. The zero-order chi connectivity index (χ0) is 37.3. The molecule has 4 atom stereocenters. The summed E-state index contributed by atoms with van der Waals surface area (Å²) in [6, 6.07) is 23.4. The number of nitriles is 1. The van der Waals surface area contributed by atoms with E-state index in [9.17, 15) is 21.9 Å². The lowest BCUT2D eigenvalue weighted by molar-refractivity contribution is -0.136. The average molecular weight is 744 g/mol. The Morgan fingerprint density at radius 3 is 1.82 bits per heavy atom. The molecule has 16 heteroatoms. The topological polar surface area (TPSA) is 191 Å². The summed E-state index contributed by atoms with van der Waals surface area (Å²) in [5.74, 6) is 0. The Labute approximate surface area is 299 Å². The number of hydrogen-bond donors (Lipinski definition) is 4. The number of rotatable bonds is 14. The quantitative estimate of drug-likeness (QED) is 0.0840. The highest BCUT2D eigenvalue weighted by molar-refractivity contribution is 7.90. The van der Waals surface area contributed by atoms with Crippen LogP contribution in [-0.4, -0.2) is 99.6 Å². The van der Waals surface area contributed by atoms with Crippen molar-refractivity contribution >= 4 is 53.0 Å². The lowest BCUT2D eigenvalue weighted by Gasteiger charge is -2.19. The maximum atomic E-state index is 12.7. The van der Waals surface area contributed by atoms with Crippen LogP contribution in [0.1, 0.15) is 19.8 Å². The molecule has 5 rings (SSSR count). The van der Waals surface area contributed by atoms with E-state index in [1.165, 1.54) is 6.07 Å². The summed E-state index contributed by atoms with van der Waals surface area (Å²) in [4.78, 5) is 11.3. The van der Waals surface area contributed by atoms with Gasteiger partial charge in [0.2, 0.25) is 10.0 Å². The molecule has 4 N–H and O–H groups in total. The number of nitrogens with one attached hydrogen (secondary N) is 2. The Kier molecular flexibility index (Phi) is 13.7. The molecule has 4 aromatic carbocycles. The van der Waals surface area contributed by atoms with Crippen LogP contribution in [0.25, 0.3) is 21.5 Å². The largest absolute Gasteiger partial charge is 0.394 e. The Balaban J connectivity index is 0.000000238. The Hall–Kier alpha value is -3.89. The summed E-state index contributed by atoms with van der Waals surface area (Å²) in [5, 5.41) is 30.6. The van der Waals surface area contributed by atoms with E-state index in [0.717, 1.165) is 22.1 Å². The van der Waals surface area contributed by atoms with Crippen LogP contribution in [-0.2, 0) is 34.4 Å². The summed E-state index contributed by atoms with van der Waals surface area (Å²) in [7, 11) is 0.0676.